The Morgan fingerprint density at radius 3 is 2.81 bits per heavy atom. The lowest BCUT2D eigenvalue weighted by molar-refractivity contribution is 0.0785. The number of carbonyl (C=O) groups excluding carboxylic acids is 1. The molecular weight excluding hydrogens is 270 g/mol. The second-order valence-corrected chi connectivity index (χ2v) is 5.52. The molecule has 1 amide bonds. The number of nitrogens with zero attached hydrogens (tertiary/aromatic N) is 3. The van der Waals surface area contributed by atoms with Crippen LogP contribution in [0.4, 0.5) is 0 Å². The van der Waals surface area contributed by atoms with Crippen LogP contribution in [0.3, 0.4) is 0 Å². The Balaban J connectivity index is 2.86. The minimum absolute atomic E-state index is 0.0220. The van der Waals surface area contributed by atoms with Gasteiger partial charge in [-0.3, -0.25) is 9.48 Å². The zero-order chi connectivity index (χ0) is 12.3. The predicted molar refractivity (Wildman–Crippen MR) is 68.0 cm³/mol. The smallest absolute Gasteiger partial charge is 0.271 e. The van der Waals surface area contributed by atoms with Gasteiger partial charge in [0.15, 0.2) is 0 Å². The highest BCUT2D eigenvalue weighted by atomic mass is 79.9. The number of halogens is 1. The molecule has 0 fully saturated rings. The van der Waals surface area contributed by atoms with Crippen LogP contribution in [0, 0.1) is 6.92 Å². The van der Waals surface area contributed by atoms with E-state index in [0.717, 1.165) is 5.69 Å². The third-order valence-corrected chi connectivity index (χ3v) is 2.58. The average molecular weight is 288 g/mol. The number of amides is 1. The summed E-state index contributed by atoms with van der Waals surface area (Å²) in [7, 11) is 1.81. The van der Waals surface area contributed by atoms with Gasteiger partial charge < -0.3 is 4.90 Å². The molecule has 0 aliphatic heterocycles. The monoisotopic (exact) mass is 287 g/mol. The van der Waals surface area contributed by atoms with Crippen LogP contribution in [-0.2, 0) is 6.54 Å². The van der Waals surface area contributed by atoms with Gasteiger partial charge in [-0.05, 0) is 19.9 Å². The van der Waals surface area contributed by atoms with Crippen molar-refractivity contribution in [2.75, 3.05) is 13.6 Å². The maximum atomic E-state index is 12.1. The number of aryl methyl sites for hydroxylation is 2. The summed E-state index contributed by atoms with van der Waals surface area (Å²) in [6, 6.07) is 1.83. The predicted octanol–water partition coefficient (Wildman–Crippen LogP) is 2.07. The molecule has 0 bridgehead atoms. The van der Waals surface area contributed by atoms with E-state index in [1.54, 1.807) is 9.58 Å². The first-order chi connectivity index (χ1) is 7.45. The van der Waals surface area contributed by atoms with Crippen molar-refractivity contribution < 1.29 is 4.79 Å². The Morgan fingerprint density at radius 2 is 2.31 bits per heavy atom. The molecule has 1 rings (SSSR count). The van der Waals surface area contributed by atoms with Crippen molar-refractivity contribution in [2.24, 2.45) is 0 Å². The quantitative estimate of drug-likeness (QED) is 0.795. The lowest BCUT2D eigenvalue weighted by atomic mass is 10.3. The van der Waals surface area contributed by atoms with Crippen LogP contribution in [-0.4, -0.2) is 39.0 Å². The van der Waals surface area contributed by atoms with Gasteiger partial charge in [0.2, 0.25) is 0 Å². The fourth-order valence-electron chi connectivity index (χ4n) is 1.61. The van der Waals surface area contributed by atoms with Crippen molar-refractivity contribution in [3.05, 3.63) is 17.5 Å². The summed E-state index contributed by atoms with van der Waals surface area (Å²) in [6.07, 6.45) is 0. The molecule has 16 heavy (non-hydrogen) atoms. The van der Waals surface area contributed by atoms with Crippen LogP contribution in [0.2, 0.25) is 0 Å². The van der Waals surface area contributed by atoms with Gasteiger partial charge in [-0.1, -0.05) is 22.9 Å². The van der Waals surface area contributed by atoms with Crippen LogP contribution >= 0.6 is 15.9 Å². The number of aromatic nitrogens is 2. The van der Waals surface area contributed by atoms with Gasteiger partial charge in [0.25, 0.3) is 5.91 Å². The first kappa shape index (κ1) is 13.2. The molecule has 1 heterocycles. The Morgan fingerprint density at radius 1 is 1.69 bits per heavy atom. The Labute approximate surface area is 105 Å². The van der Waals surface area contributed by atoms with E-state index in [1.807, 2.05) is 33.9 Å². The lowest BCUT2D eigenvalue weighted by Gasteiger charge is -2.18. The fourth-order valence-corrected chi connectivity index (χ4v) is 2.05. The molecule has 5 heteroatoms. The van der Waals surface area contributed by atoms with Crippen LogP contribution in [0.5, 0.6) is 0 Å². The van der Waals surface area contributed by atoms with Crippen molar-refractivity contribution in [1.29, 1.82) is 0 Å². The van der Waals surface area contributed by atoms with Gasteiger partial charge in [-0.15, -0.1) is 0 Å². The normalized spacial score (nSPS) is 12.6. The number of rotatable bonds is 4. The van der Waals surface area contributed by atoms with Crippen LogP contribution in [0.25, 0.3) is 0 Å². The summed E-state index contributed by atoms with van der Waals surface area (Å²) in [5, 5.41) is 4.27. The largest absolute Gasteiger partial charge is 0.339 e. The number of hydrogen-bond donors (Lipinski definition) is 0. The van der Waals surface area contributed by atoms with Crippen molar-refractivity contribution in [3.8, 4) is 0 Å². The maximum Gasteiger partial charge on any atom is 0.271 e. The molecule has 1 unspecified atom stereocenters. The van der Waals surface area contributed by atoms with E-state index in [-0.39, 0.29) is 5.91 Å². The molecule has 0 saturated carbocycles. The molecule has 1 aromatic rings. The van der Waals surface area contributed by atoms with Crippen LogP contribution in [0.15, 0.2) is 6.07 Å². The van der Waals surface area contributed by atoms with Gasteiger partial charge in [-0.2, -0.15) is 5.10 Å². The van der Waals surface area contributed by atoms with Gasteiger partial charge >= 0.3 is 0 Å². The summed E-state index contributed by atoms with van der Waals surface area (Å²) < 4.78 is 1.74. The van der Waals surface area contributed by atoms with Gasteiger partial charge in [0.05, 0.1) is 5.69 Å². The van der Waals surface area contributed by atoms with E-state index in [0.29, 0.717) is 23.6 Å². The van der Waals surface area contributed by atoms with E-state index in [2.05, 4.69) is 21.0 Å². The Hall–Kier alpha value is -0.840. The highest BCUT2D eigenvalue weighted by molar-refractivity contribution is 9.09. The Kier molecular flexibility index (Phi) is 4.53. The van der Waals surface area contributed by atoms with Crippen molar-refractivity contribution in [1.82, 2.24) is 14.7 Å². The second-order valence-electron chi connectivity index (χ2n) is 3.95. The molecule has 0 N–H and O–H groups in total. The summed E-state index contributed by atoms with van der Waals surface area (Å²) >= 11 is 3.44. The standard InChI is InChI=1S/C11H18BrN3O/c1-5-15-10(6-9(3)13-15)11(16)14(4)7-8(2)12/h6,8H,5,7H2,1-4H3. The van der Waals surface area contributed by atoms with E-state index in [4.69, 9.17) is 0 Å². The summed E-state index contributed by atoms with van der Waals surface area (Å²) in [4.78, 5) is 14.1. The molecule has 0 aliphatic carbocycles. The molecule has 0 saturated heterocycles. The van der Waals surface area contributed by atoms with Crippen molar-refractivity contribution in [2.45, 2.75) is 32.1 Å². The molecule has 1 aromatic heterocycles. The lowest BCUT2D eigenvalue weighted by Crippen LogP contribution is -2.32. The molecule has 90 valence electrons. The first-order valence-corrected chi connectivity index (χ1v) is 6.31. The summed E-state index contributed by atoms with van der Waals surface area (Å²) in [5.41, 5.74) is 1.54. The van der Waals surface area contributed by atoms with Crippen LogP contribution < -0.4 is 0 Å². The topological polar surface area (TPSA) is 38.1 Å². The molecule has 0 spiro atoms. The van der Waals surface area contributed by atoms with Gasteiger partial charge in [0.1, 0.15) is 5.69 Å². The molecular formula is C11H18BrN3O. The van der Waals surface area contributed by atoms with E-state index >= 15 is 0 Å². The molecule has 4 nitrogen and oxygen atoms in total. The molecule has 0 radical (unpaired) electrons. The van der Waals surface area contributed by atoms with Crippen molar-refractivity contribution >= 4 is 21.8 Å². The highest BCUT2D eigenvalue weighted by Gasteiger charge is 2.18. The maximum absolute atomic E-state index is 12.1. The zero-order valence-corrected chi connectivity index (χ0v) is 11.8. The average Bonchev–Trinajstić information content (AvgIpc) is 2.57. The van der Waals surface area contributed by atoms with Crippen molar-refractivity contribution in [3.63, 3.8) is 0 Å². The number of hydrogen-bond acceptors (Lipinski definition) is 2. The minimum atomic E-state index is 0.0220. The third kappa shape index (κ3) is 3.07. The summed E-state index contributed by atoms with van der Waals surface area (Å²) in [5.74, 6) is 0.0220. The second kappa shape index (κ2) is 5.48. The third-order valence-electron chi connectivity index (χ3n) is 2.29. The van der Waals surface area contributed by atoms with Crippen LogP contribution in [0.1, 0.15) is 30.0 Å². The Bertz CT molecular complexity index is 373. The van der Waals surface area contributed by atoms with Gasteiger partial charge in [-0.25, -0.2) is 0 Å². The van der Waals surface area contributed by atoms with Gasteiger partial charge in [0, 0.05) is 25.0 Å². The molecule has 0 aliphatic rings. The molecule has 0 aromatic carbocycles. The van der Waals surface area contributed by atoms with E-state index in [1.165, 1.54) is 0 Å². The van der Waals surface area contributed by atoms with E-state index < -0.39 is 0 Å². The fraction of sp³-hybridized carbons (Fsp3) is 0.636. The minimum Gasteiger partial charge on any atom is -0.339 e. The SMILES string of the molecule is CCn1nc(C)cc1C(=O)N(C)CC(C)Br. The highest BCUT2D eigenvalue weighted by Crippen LogP contribution is 2.09. The first-order valence-electron chi connectivity index (χ1n) is 5.39. The molecule has 1 atom stereocenters. The number of carbonyl (C=O) groups is 1. The zero-order valence-electron chi connectivity index (χ0n) is 10.2. The summed E-state index contributed by atoms with van der Waals surface area (Å²) in [6.45, 7) is 7.30. The number of alkyl halides is 1. The van der Waals surface area contributed by atoms with E-state index in [9.17, 15) is 4.79 Å².